The van der Waals surface area contributed by atoms with Crippen molar-refractivity contribution in [1.82, 2.24) is 4.90 Å². The Bertz CT molecular complexity index is 360. The molecule has 1 heterocycles. The van der Waals surface area contributed by atoms with E-state index < -0.39 is 12.1 Å². The molecule has 2 N–H and O–H groups in total. The van der Waals surface area contributed by atoms with E-state index in [0.29, 0.717) is 13.0 Å². The van der Waals surface area contributed by atoms with Crippen LogP contribution in [0.5, 0.6) is 0 Å². The molecule has 1 fully saturated rings. The first-order valence-electron chi connectivity index (χ1n) is 6.62. The van der Waals surface area contributed by atoms with Gasteiger partial charge in [-0.05, 0) is 18.3 Å². The van der Waals surface area contributed by atoms with E-state index in [1.807, 2.05) is 20.8 Å². The van der Waals surface area contributed by atoms with Crippen LogP contribution in [0.15, 0.2) is 12.7 Å². The van der Waals surface area contributed by atoms with Crippen LogP contribution in [-0.2, 0) is 14.3 Å². The maximum atomic E-state index is 12.4. The van der Waals surface area contributed by atoms with Crippen molar-refractivity contribution in [3.63, 3.8) is 0 Å². The Hall–Kier alpha value is -1.36. The average Bonchev–Trinajstić information content (AvgIpc) is 2.82. The summed E-state index contributed by atoms with van der Waals surface area (Å²) in [5.41, 5.74) is 5.65. The number of nitrogens with two attached hydrogens (primary N) is 1. The lowest BCUT2D eigenvalue weighted by Gasteiger charge is -2.32. The van der Waals surface area contributed by atoms with Crippen molar-refractivity contribution >= 4 is 11.9 Å². The number of carbonyl (C=O) groups excluding carboxylic acids is 2. The van der Waals surface area contributed by atoms with Gasteiger partial charge in [-0.25, -0.2) is 4.79 Å². The topological polar surface area (TPSA) is 72.6 Å². The van der Waals surface area contributed by atoms with E-state index in [1.165, 1.54) is 6.08 Å². The molecule has 1 saturated heterocycles. The normalized spacial score (nSPS) is 21.1. The molecule has 0 spiro atoms. The summed E-state index contributed by atoms with van der Waals surface area (Å²) in [6.07, 6.45) is 2.95. The lowest BCUT2D eigenvalue weighted by atomic mass is 9.86. The van der Waals surface area contributed by atoms with Crippen LogP contribution in [0.2, 0.25) is 0 Å². The SMILES string of the molecule is C=CCOC(=O)[C@@H]1CCCN1C(=O)[C@@H](N)C(C)(C)C. The van der Waals surface area contributed by atoms with Crippen LogP contribution in [0.25, 0.3) is 0 Å². The van der Waals surface area contributed by atoms with E-state index in [0.717, 1.165) is 6.42 Å². The van der Waals surface area contributed by atoms with Crippen LogP contribution in [-0.4, -0.2) is 42.0 Å². The van der Waals surface area contributed by atoms with Crippen LogP contribution in [0.4, 0.5) is 0 Å². The highest BCUT2D eigenvalue weighted by Crippen LogP contribution is 2.24. The van der Waals surface area contributed by atoms with Gasteiger partial charge in [-0.15, -0.1) is 0 Å². The minimum Gasteiger partial charge on any atom is -0.460 e. The second-order valence-corrected chi connectivity index (χ2v) is 5.95. The maximum absolute atomic E-state index is 12.4. The van der Waals surface area contributed by atoms with E-state index in [1.54, 1.807) is 4.90 Å². The van der Waals surface area contributed by atoms with Gasteiger partial charge in [0.15, 0.2) is 0 Å². The molecule has 5 nitrogen and oxygen atoms in total. The summed E-state index contributed by atoms with van der Waals surface area (Å²) in [5.74, 6) is -0.544. The van der Waals surface area contributed by atoms with Crippen molar-refractivity contribution in [2.24, 2.45) is 11.1 Å². The van der Waals surface area contributed by atoms with Gasteiger partial charge in [0.2, 0.25) is 5.91 Å². The van der Waals surface area contributed by atoms with Gasteiger partial charge in [0.05, 0.1) is 6.04 Å². The van der Waals surface area contributed by atoms with Crippen molar-refractivity contribution in [2.45, 2.75) is 45.7 Å². The Morgan fingerprint density at radius 1 is 1.53 bits per heavy atom. The molecule has 2 atom stereocenters. The molecular weight excluding hydrogens is 244 g/mol. The Morgan fingerprint density at radius 2 is 2.16 bits per heavy atom. The average molecular weight is 268 g/mol. The summed E-state index contributed by atoms with van der Waals surface area (Å²) in [5, 5.41) is 0. The molecule has 0 aromatic carbocycles. The third-order valence-corrected chi connectivity index (χ3v) is 3.35. The largest absolute Gasteiger partial charge is 0.460 e. The zero-order valence-electron chi connectivity index (χ0n) is 12.0. The van der Waals surface area contributed by atoms with Gasteiger partial charge >= 0.3 is 5.97 Å². The smallest absolute Gasteiger partial charge is 0.329 e. The molecule has 1 aliphatic rings. The number of hydrogen-bond acceptors (Lipinski definition) is 4. The lowest BCUT2D eigenvalue weighted by Crippen LogP contribution is -2.53. The summed E-state index contributed by atoms with van der Waals surface area (Å²) in [7, 11) is 0. The molecule has 1 rings (SSSR count). The predicted molar refractivity (Wildman–Crippen MR) is 73.3 cm³/mol. The molecule has 0 bridgehead atoms. The molecule has 5 heteroatoms. The Morgan fingerprint density at radius 3 is 2.68 bits per heavy atom. The first-order chi connectivity index (χ1) is 8.79. The van der Waals surface area contributed by atoms with Crippen molar-refractivity contribution in [3.05, 3.63) is 12.7 Å². The van der Waals surface area contributed by atoms with Gasteiger partial charge in [-0.2, -0.15) is 0 Å². The third kappa shape index (κ3) is 3.80. The lowest BCUT2D eigenvalue weighted by molar-refractivity contribution is -0.153. The minimum absolute atomic E-state index is 0.169. The highest BCUT2D eigenvalue weighted by molar-refractivity contribution is 5.88. The van der Waals surface area contributed by atoms with Crippen molar-refractivity contribution < 1.29 is 14.3 Å². The number of esters is 1. The molecule has 1 amide bonds. The summed E-state index contributed by atoms with van der Waals surface area (Å²) in [6, 6.07) is -1.11. The van der Waals surface area contributed by atoms with Crippen LogP contribution in [0.3, 0.4) is 0 Å². The minimum atomic E-state index is -0.611. The number of likely N-dealkylation sites (tertiary alicyclic amines) is 1. The van der Waals surface area contributed by atoms with E-state index in [-0.39, 0.29) is 23.9 Å². The Balaban J connectivity index is 2.73. The van der Waals surface area contributed by atoms with E-state index in [9.17, 15) is 9.59 Å². The number of nitrogens with zero attached hydrogens (tertiary/aromatic N) is 1. The summed E-state index contributed by atoms with van der Waals surface area (Å²) < 4.78 is 5.03. The van der Waals surface area contributed by atoms with Gasteiger partial charge in [-0.1, -0.05) is 33.4 Å². The molecule has 0 radical (unpaired) electrons. The second kappa shape index (κ2) is 6.19. The Kier molecular flexibility index (Phi) is 5.11. The van der Waals surface area contributed by atoms with Crippen molar-refractivity contribution in [2.75, 3.05) is 13.2 Å². The third-order valence-electron chi connectivity index (χ3n) is 3.35. The molecule has 0 saturated carbocycles. The highest BCUT2D eigenvalue weighted by Gasteiger charge is 2.39. The standard InChI is InChI=1S/C14H24N2O3/c1-5-9-19-13(18)10-7-6-8-16(10)12(17)11(15)14(2,3)4/h5,10-11H,1,6-9,15H2,2-4H3/t10-,11+/m0/s1. The zero-order chi connectivity index (χ0) is 14.6. The number of carbonyl (C=O) groups is 2. The predicted octanol–water partition coefficient (Wildman–Crippen LogP) is 1.08. The van der Waals surface area contributed by atoms with Gasteiger partial charge in [0.1, 0.15) is 12.6 Å². The monoisotopic (exact) mass is 268 g/mol. The molecule has 0 unspecified atom stereocenters. The van der Waals surface area contributed by atoms with Crippen LogP contribution >= 0.6 is 0 Å². The van der Waals surface area contributed by atoms with E-state index in [2.05, 4.69) is 6.58 Å². The fourth-order valence-corrected chi connectivity index (χ4v) is 2.06. The number of rotatable bonds is 4. The van der Waals surface area contributed by atoms with Gasteiger partial charge in [0, 0.05) is 6.54 Å². The van der Waals surface area contributed by atoms with E-state index in [4.69, 9.17) is 10.5 Å². The Labute approximate surface area is 114 Å². The van der Waals surface area contributed by atoms with Crippen LogP contribution in [0, 0.1) is 5.41 Å². The molecule has 19 heavy (non-hydrogen) atoms. The highest BCUT2D eigenvalue weighted by atomic mass is 16.5. The number of hydrogen-bond donors (Lipinski definition) is 1. The molecule has 0 aromatic rings. The molecule has 0 aliphatic carbocycles. The first-order valence-corrected chi connectivity index (χ1v) is 6.62. The number of amides is 1. The molecule has 108 valence electrons. The molecule has 1 aliphatic heterocycles. The van der Waals surface area contributed by atoms with Crippen molar-refractivity contribution in [3.8, 4) is 0 Å². The fourth-order valence-electron chi connectivity index (χ4n) is 2.06. The quantitative estimate of drug-likeness (QED) is 0.611. The molecular formula is C14H24N2O3. The van der Waals surface area contributed by atoms with Gasteiger partial charge in [0.25, 0.3) is 0 Å². The van der Waals surface area contributed by atoms with Crippen LogP contribution < -0.4 is 5.73 Å². The van der Waals surface area contributed by atoms with Gasteiger partial charge < -0.3 is 15.4 Å². The number of ether oxygens (including phenoxy) is 1. The summed E-state index contributed by atoms with van der Waals surface area (Å²) >= 11 is 0. The molecule has 0 aromatic heterocycles. The van der Waals surface area contributed by atoms with Crippen molar-refractivity contribution in [1.29, 1.82) is 0 Å². The van der Waals surface area contributed by atoms with Crippen LogP contribution in [0.1, 0.15) is 33.6 Å². The fraction of sp³-hybridized carbons (Fsp3) is 0.714. The first kappa shape index (κ1) is 15.7. The van der Waals surface area contributed by atoms with E-state index >= 15 is 0 Å². The van der Waals surface area contributed by atoms with Gasteiger partial charge in [-0.3, -0.25) is 4.79 Å². The zero-order valence-corrected chi connectivity index (χ0v) is 12.0. The summed E-state index contributed by atoms with van der Waals surface area (Å²) in [4.78, 5) is 25.8. The second-order valence-electron chi connectivity index (χ2n) is 5.95. The maximum Gasteiger partial charge on any atom is 0.329 e. The summed E-state index contributed by atoms with van der Waals surface area (Å²) in [6.45, 7) is 9.97.